The fourth-order valence-electron chi connectivity index (χ4n) is 2.18. The van der Waals surface area contributed by atoms with Crippen LogP contribution in [0.2, 0.25) is 5.02 Å². The highest BCUT2D eigenvalue weighted by molar-refractivity contribution is 6.30. The number of rotatable bonds is 6. The zero-order chi connectivity index (χ0) is 15.4. The van der Waals surface area contributed by atoms with E-state index < -0.39 is 0 Å². The molecule has 1 amide bonds. The average Bonchev–Trinajstić information content (AvgIpc) is 3.33. The molecule has 4 nitrogen and oxygen atoms in total. The second-order valence-electron chi connectivity index (χ2n) is 5.51. The second-order valence-corrected chi connectivity index (χ2v) is 5.95. The van der Waals surface area contributed by atoms with Crippen LogP contribution in [0.3, 0.4) is 0 Å². The smallest absolute Gasteiger partial charge is 0.252 e. The number of benzene rings is 1. The van der Waals surface area contributed by atoms with Crippen LogP contribution in [0.1, 0.15) is 28.8 Å². The van der Waals surface area contributed by atoms with Crippen molar-refractivity contribution >= 4 is 23.2 Å². The fraction of sp³-hybridized carbons (Fsp3) is 0.294. The molecule has 0 spiro atoms. The monoisotopic (exact) mass is 315 g/mol. The van der Waals surface area contributed by atoms with E-state index in [1.165, 1.54) is 12.8 Å². The van der Waals surface area contributed by atoms with Crippen molar-refractivity contribution in [1.29, 1.82) is 0 Å². The summed E-state index contributed by atoms with van der Waals surface area (Å²) in [7, 11) is 0. The molecule has 2 aromatic rings. The van der Waals surface area contributed by atoms with Crippen LogP contribution in [-0.2, 0) is 6.42 Å². The Kier molecular flexibility index (Phi) is 4.59. The van der Waals surface area contributed by atoms with Gasteiger partial charge in [0.2, 0.25) is 0 Å². The summed E-state index contributed by atoms with van der Waals surface area (Å²) in [4.78, 5) is 16.3. The van der Waals surface area contributed by atoms with Gasteiger partial charge in [-0.3, -0.25) is 9.78 Å². The zero-order valence-electron chi connectivity index (χ0n) is 12.2. The van der Waals surface area contributed by atoms with Crippen LogP contribution in [-0.4, -0.2) is 23.5 Å². The number of halogens is 1. The number of aromatic nitrogens is 1. The third-order valence-electron chi connectivity index (χ3n) is 3.56. The first-order valence-electron chi connectivity index (χ1n) is 7.45. The van der Waals surface area contributed by atoms with Gasteiger partial charge in [-0.15, -0.1) is 0 Å². The lowest BCUT2D eigenvalue weighted by Gasteiger charge is -2.08. The summed E-state index contributed by atoms with van der Waals surface area (Å²) in [6.07, 6.45) is 6.50. The van der Waals surface area contributed by atoms with Crippen molar-refractivity contribution in [2.24, 2.45) is 0 Å². The summed E-state index contributed by atoms with van der Waals surface area (Å²) in [5.41, 5.74) is 2.64. The maximum atomic E-state index is 12.1. The van der Waals surface area contributed by atoms with Crippen LogP contribution in [0.25, 0.3) is 0 Å². The summed E-state index contributed by atoms with van der Waals surface area (Å²) in [5, 5.41) is 6.98. The number of nitrogens with one attached hydrogen (secondary N) is 2. The third kappa shape index (κ3) is 4.21. The maximum Gasteiger partial charge on any atom is 0.252 e. The molecule has 5 heteroatoms. The minimum absolute atomic E-state index is 0.0964. The summed E-state index contributed by atoms with van der Waals surface area (Å²) >= 11 is 5.85. The molecule has 22 heavy (non-hydrogen) atoms. The van der Waals surface area contributed by atoms with Gasteiger partial charge in [-0.25, -0.2) is 0 Å². The third-order valence-corrected chi connectivity index (χ3v) is 3.81. The molecule has 1 fully saturated rings. The van der Waals surface area contributed by atoms with Crippen LogP contribution in [0.4, 0.5) is 5.69 Å². The molecule has 1 aliphatic carbocycles. The van der Waals surface area contributed by atoms with Gasteiger partial charge in [0.15, 0.2) is 0 Å². The highest BCUT2D eigenvalue weighted by Crippen LogP contribution is 2.24. The molecule has 2 N–H and O–H groups in total. The van der Waals surface area contributed by atoms with E-state index in [-0.39, 0.29) is 5.91 Å². The molecule has 0 unspecified atom stereocenters. The summed E-state index contributed by atoms with van der Waals surface area (Å²) in [6.45, 7) is 0.584. The molecule has 0 saturated heterocycles. The first kappa shape index (κ1) is 14.9. The van der Waals surface area contributed by atoms with Crippen molar-refractivity contribution in [3.05, 3.63) is 58.9 Å². The number of pyridine rings is 1. The first-order valence-corrected chi connectivity index (χ1v) is 7.83. The normalized spacial score (nSPS) is 13.7. The summed E-state index contributed by atoms with van der Waals surface area (Å²) in [6, 6.07) is 10.0. The highest BCUT2D eigenvalue weighted by Gasteiger charge is 2.21. The van der Waals surface area contributed by atoms with Gasteiger partial charge in [0, 0.05) is 30.0 Å². The van der Waals surface area contributed by atoms with Crippen LogP contribution in [0, 0.1) is 0 Å². The molecule has 1 heterocycles. The van der Waals surface area contributed by atoms with Crippen LogP contribution in [0.15, 0.2) is 42.7 Å². The Morgan fingerprint density at radius 3 is 2.73 bits per heavy atom. The zero-order valence-corrected chi connectivity index (χ0v) is 12.9. The van der Waals surface area contributed by atoms with Crippen molar-refractivity contribution in [3.63, 3.8) is 0 Å². The lowest BCUT2D eigenvalue weighted by Crippen LogP contribution is -2.25. The lowest BCUT2D eigenvalue weighted by molar-refractivity contribution is 0.0954. The van der Waals surface area contributed by atoms with Crippen LogP contribution < -0.4 is 10.6 Å². The van der Waals surface area contributed by atoms with Crippen molar-refractivity contribution in [1.82, 2.24) is 10.3 Å². The SMILES string of the molecule is O=C(NCCc1ccc(Cl)cc1)c1cncc(NC2CC2)c1. The molecule has 0 atom stereocenters. The Morgan fingerprint density at radius 2 is 2.00 bits per heavy atom. The fourth-order valence-corrected chi connectivity index (χ4v) is 2.31. The van der Waals surface area contributed by atoms with Gasteiger partial charge in [-0.2, -0.15) is 0 Å². The molecule has 0 bridgehead atoms. The summed E-state index contributed by atoms with van der Waals surface area (Å²) < 4.78 is 0. The second kappa shape index (κ2) is 6.79. The molecular formula is C17H18ClN3O. The van der Waals surface area contributed by atoms with Gasteiger partial charge in [0.25, 0.3) is 5.91 Å². The van der Waals surface area contributed by atoms with E-state index in [1.54, 1.807) is 12.4 Å². The number of anilines is 1. The number of carbonyl (C=O) groups excluding carboxylic acids is 1. The van der Waals surface area contributed by atoms with Gasteiger partial charge in [-0.05, 0) is 43.0 Å². The Bertz CT molecular complexity index is 653. The van der Waals surface area contributed by atoms with Gasteiger partial charge in [-0.1, -0.05) is 23.7 Å². The molecule has 1 aliphatic rings. The van der Waals surface area contributed by atoms with E-state index in [9.17, 15) is 4.79 Å². The van der Waals surface area contributed by atoms with E-state index >= 15 is 0 Å². The predicted octanol–water partition coefficient (Wildman–Crippen LogP) is 3.28. The Labute approximate surface area is 134 Å². The topological polar surface area (TPSA) is 54.0 Å². The van der Waals surface area contributed by atoms with Crippen LogP contribution >= 0.6 is 11.6 Å². The molecular weight excluding hydrogens is 298 g/mol. The van der Waals surface area contributed by atoms with Gasteiger partial charge in [0.05, 0.1) is 11.3 Å². The molecule has 1 aromatic heterocycles. The number of amides is 1. The standard InChI is InChI=1S/C17H18ClN3O/c18-14-3-1-12(2-4-14)7-8-20-17(22)13-9-16(11-19-10-13)21-15-5-6-15/h1-4,9-11,15,21H,5-8H2,(H,20,22). The molecule has 3 rings (SSSR count). The van der Waals surface area contributed by atoms with Crippen molar-refractivity contribution in [3.8, 4) is 0 Å². The van der Waals surface area contributed by atoms with E-state index in [2.05, 4.69) is 15.6 Å². The molecule has 114 valence electrons. The Balaban J connectivity index is 1.51. The van der Waals surface area contributed by atoms with Gasteiger partial charge < -0.3 is 10.6 Å². The molecule has 0 aliphatic heterocycles. The Hall–Kier alpha value is -2.07. The molecule has 0 radical (unpaired) electrons. The van der Waals surface area contributed by atoms with E-state index in [0.29, 0.717) is 18.2 Å². The predicted molar refractivity (Wildman–Crippen MR) is 88.4 cm³/mol. The van der Waals surface area contributed by atoms with Crippen LogP contribution in [0.5, 0.6) is 0 Å². The van der Waals surface area contributed by atoms with Crippen molar-refractivity contribution in [2.45, 2.75) is 25.3 Å². The highest BCUT2D eigenvalue weighted by atomic mass is 35.5. The van der Waals surface area contributed by atoms with Crippen molar-refractivity contribution < 1.29 is 4.79 Å². The molecule has 1 saturated carbocycles. The first-order chi connectivity index (χ1) is 10.7. The van der Waals surface area contributed by atoms with Crippen molar-refractivity contribution in [2.75, 3.05) is 11.9 Å². The number of nitrogens with zero attached hydrogens (tertiary/aromatic N) is 1. The lowest BCUT2D eigenvalue weighted by atomic mass is 10.1. The van der Waals surface area contributed by atoms with E-state index in [1.807, 2.05) is 30.3 Å². The minimum atomic E-state index is -0.0964. The Morgan fingerprint density at radius 1 is 1.23 bits per heavy atom. The maximum absolute atomic E-state index is 12.1. The largest absolute Gasteiger partial charge is 0.381 e. The number of carbonyl (C=O) groups is 1. The van der Waals surface area contributed by atoms with Gasteiger partial charge >= 0.3 is 0 Å². The quantitative estimate of drug-likeness (QED) is 0.860. The van der Waals surface area contributed by atoms with Gasteiger partial charge in [0.1, 0.15) is 0 Å². The van der Waals surface area contributed by atoms with E-state index in [0.717, 1.165) is 22.7 Å². The number of hydrogen-bond acceptors (Lipinski definition) is 3. The molecule has 1 aromatic carbocycles. The summed E-state index contributed by atoms with van der Waals surface area (Å²) in [5.74, 6) is -0.0964. The minimum Gasteiger partial charge on any atom is -0.381 e. The average molecular weight is 316 g/mol. The van der Waals surface area contributed by atoms with E-state index in [4.69, 9.17) is 11.6 Å². The number of hydrogen-bond donors (Lipinski definition) is 2.